The predicted molar refractivity (Wildman–Crippen MR) is 156 cm³/mol. The molecule has 39 heavy (non-hydrogen) atoms. The van der Waals surface area contributed by atoms with Crippen molar-refractivity contribution in [2.45, 2.75) is 60.4 Å². The Morgan fingerprint density at radius 2 is 1.41 bits per heavy atom. The number of aryl methyl sites for hydroxylation is 4. The van der Waals surface area contributed by atoms with Gasteiger partial charge >= 0.3 is 6.09 Å². The Hall–Kier alpha value is -3.78. The lowest BCUT2D eigenvalue weighted by Gasteiger charge is -2.43. The topological polar surface area (TPSA) is 70.2 Å². The van der Waals surface area contributed by atoms with Crippen LogP contribution in [0.4, 0.5) is 4.79 Å². The van der Waals surface area contributed by atoms with Crippen molar-refractivity contribution in [3.05, 3.63) is 100 Å². The van der Waals surface area contributed by atoms with Gasteiger partial charge in [0.2, 0.25) is 0 Å². The van der Waals surface area contributed by atoms with E-state index < -0.39 is 17.5 Å². The number of rotatable bonds is 6. The van der Waals surface area contributed by atoms with Crippen molar-refractivity contribution < 1.29 is 19.1 Å². The minimum atomic E-state index is -0.817. The van der Waals surface area contributed by atoms with Gasteiger partial charge in [-0.05, 0) is 95.5 Å². The van der Waals surface area contributed by atoms with Crippen LogP contribution in [0.1, 0.15) is 70.7 Å². The van der Waals surface area contributed by atoms with Crippen LogP contribution in [-0.2, 0) is 6.42 Å². The molecule has 206 valence electrons. The number of nitrogens with zero attached hydrogens (tertiary/aromatic N) is 3. The first-order valence-corrected chi connectivity index (χ1v) is 13.6. The first kappa shape index (κ1) is 29.8. The molecule has 0 N–H and O–H groups in total. The summed E-state index contributed by atoms with van der Waals surface area (Å²) in [6.45, 7) is 13.3. The molecule has 0 aliphatic heterocycles. The molecule has 0 spiro atoms. The van der Waals surface area contributed by atoms with E-state index in [1.54, 1.807) is 42.5 Å². The van der Waals surface area contributed by atoms with E-state index in [0.29, 0.717) is 16.9 Å². The van der Waals surface area contributed by atoms with Gasteiger partial charge in [0.05, 0.1) is 5.54 Å². The molecule has 3 rings (SSSR count). The molecule has 0 saturated heterocycles. The largest absolute Gasteiger partial charge is 0.426 e. The number of carbonyl (C=O) groups is 3. The summed E-state index contributed by atoms with van der Waals surface area (Å²) in [4.78, 5) is 41.1. The monoisotopic (exact) mass is 547 g/mol. The third-order valence-corrected chi connectivity index (χ3v) is 6.79. The molecule has 0 fully saturated rings. The molecule has 8 heteroatoms. The Morgan fingerprint density at radius 3 is 1.95 bits per heavy atom. The van der Waals surface area contributed by atoms with Crippen LogP contribution in [0.25, 0.3) is 0 Å². The molecule has 3 amide bonds. The maximum atomic E-state index is 14.0. The first-order valence-electron chi connectivity index (χ1n) is 12.9. The molecule has 0 saturated carbocycles. The fraction of sp³-hybridized carbons (Fsp3) is 0.323. The van der Waals surface area contributed by atoms with Gasteiger partial charge in [0.15, 0.2) is 0 Å². The number of benzene rings is 3. The second-order valence-electron chi connectivity index (χ2n) is 10.6. The summed E-state index contributed by atoms with van der Waals surface area (Å²) < 4.78 is 7.99. The fourth-order valence-electron chi connectivity index (χ4n) is 4.03. The highest BCUT2D eigenvalue weighted by atomic mass is 32.2. The molecule has 3 aromatic carbocycles. The highest BCUT2D eigenvalue weighted by Gasteiger charge is 2.39. The van der Waals surface area contributed by atoms with Gasteiger partial charge in [0.1, 0.15) is 17.9 Å². The standard InChI is InChI=1S/C31H37N3O4S/c1-9-24-13-15-25(16-14-24)29(36)34(39-32(8)30(37)38-27-12-10-11-21(2)20-27)33(31(5,6)7)28(35)26-18-22(3)17-23(4)19-26/h10-20H,9H2,1-8H3. The van der Waals surface area contributed by atoms with E-state index in [9.17, 15) is 14.4 Å². The van der Waals surface area contributed by atoms with Gasteiger partial charge in [-0.3, -0.25) is 9.59 Å². The summed E-state index contributed by atoms with van der Waals surface area (Å²) in [7, 11) is 1.51. The summed E-state index contributed by atoms with van der Waals surface area (Å²) in [5.74, 6) is -0.411. The van der Waals surface area contributed by atoms with Crippen LogP contribution in [0.3, 0.4) is 0 Å². The lowest BCUT2D eigenvalue weighted by Crippen LogP contribution is -2.56. The zero-order chi connectivity index (χ0) is 28.9. The highest BCUT2D eigenvalue weighted by molar-refractivity contribution is 7.95. The second kappa shape index (κ2) is 12.4. The van der Waals surface area contributed by atoms with Crippen LogP contribution in [0.5, 0.6) is 5.75 Å². The van der Waals surface area contributed by atoms with Crippen molar-refractivity contribution in [1.29, 1.82) is 0 Å². The van der Waals surface area contributed by atoms with Gasteiger partial charge in [0, 0.05) is 18.2 Å². The Balaban J connectivity index is 2.03. The minimum Gasteiger partial charge on any atom is -0.410 e. The van der Waals surface area contributed by atoms with Crippen LogP contribution in [0.15, 0.2) is 66.7 Å². The van der Waals surface area contributed by atoms with Crippen molar-refractivity contribution in [1.82, 2.24) is 13.7 Å². The van der Waals surface area contributed by atoms with E-state index in [-0.39, 0.29) is 5.91 Å². The first-order chi connectivity index (χ1) is 18.3. The van der Waals surface area contributed by atoms with Crippen LogP contribution < -0.4 is 4.74 Å². The maximum Gasteiger partial charge on any atom is 0.426 e. The number of hydrogen-bond donors (Lipinski definition) is 0. The van der Waals surface area contributed by atoms with Crippen LogP contribution in [-0.4, -0.2) is 44.2 Å². The Bertz CT molecular complexity index is 1330. The summed E-state index contributed by atoms with van der Waals surface area (Å²) in [6, 6.07) is 20.0. The summed E-state index contributed by atoms with van der Waals surface area (Å²) in [6.07, 6.45) is 0.150. The van der Waals surface area contributed by atoms with E-state index in [0.717, 1.165) is 40.8 Å². The average Bonchev–Trinajstić information content (AvgIpc) is 2.86. The van der Waals surface area contributed by atoms with Crippen LogP contribution in [0.2, 0.25) is 0 Å². The number of ether oxygens (including phenoxy) is 1. The zero-order valence-corrected chi connectivity index (χ0v) is 24.8. The smallest absolute Gasteiger partial charge is 0.410 e. The minimum absolute atomic E-state index is 0.360. The molecule has 0 radical (unpaired) electrons. The number of hydrazine groups is 1. The summed E-state index contributed by atoms with van der Waals surface area (Å²) in [5, 5.41) is 1.40. The molecule has 3 aromatic rings. The van der Waals surface area contributed by atoms with Crippen LogP contribution >= 0.6 is 12.1 Å². The van der Waals surface area contributed by atoms with Crippen molar-refractivity contribution in [2.24, 2.45) is 0 Å². The van der Waals surface area contributed by atoms with E-state index in [1.807, 2.05) is 72.7 Å². The third kappa shape index (κ3) is 7.63. The molecule has 0 unspecified atom stereocenters. The SMILES string of the molecule is CCc1ccc(C(=O)N(SN(C)C(=O)Oc2cccc(C)c2)N(C(=O)c2cc(C)cc(C)c2)C(C)(C)C)cc1. The molecular formula is C31H37N3O4S. The van der Waals surface area contributed by atoms with Crippen molar-refractivity contribution in [3.63, 3.8) is 0 Å². The fourth-order valence-corrected chi connectivity index (χ4v) is 4.94. The highest BCUT2D eigenvalue weighted by Crippen LogP contribution is 2.30. The third-order valence-electron chi connectivity index (χ3n) is 5.91. The van der Waals surface area contributed by atoms with Crippen molar-refractivity contribution in [2.75, 3.05) is 7.05 Å². The summed E-state index contributed by atoms with van der Waals surface area (Å²) >= 11 is 0.803. The van der Waals surface area contributed by atoms with E-state index in [1.165, 1.54) is 20.8 Å². The molecule has 0 aliphatic rings. The Labute approximate surface area is 236 Å². The molecule has 0 aliphatic carbocycles. The molecule has 0 aromatic heterocycles. The molecule has 0 heterocycles. The quantitative estimate of drug-likeness (QED) is 0.242. The van der Waals surface area contributed by atoms with Crippen molar-refractivity contribution >= 4 is 30.0 Å². The Morgan fingerprint density at radius 1 is 0.795 bits per heavy atom. The van der Waals surface area contributed by atoms with Gasteiger partial charge in [-0.25, -0.2) is 14.1 Å². The zero-order valence-electron chi connectivity index (χ0n) is 23.9. The maximum absolute atomic E-state index is 14.0. The van der Waals surface area contributed by atoms with Gasteiger partial charge in [-0.1, -0.05) is 48.4 Å². The van der Waals surface area contributed by atoms with Crippen molar-refractivity contribution in [3.8, 4) is 5.75 Å². The van der Waals surface area contributed by atoms with Gasteiger partial charge in [-0.2, -0.15) is 4.41 Å². The van der Waals surface area contributed by atoms with E-state index in [4.69, 9.17) is 4.74 Å². The lowest BCUT2D eigenvalue weighted by atomic mass is 10.0. The average molecular weight is 548 g/mol. The van der Waals surface area contributed by atoms with E-state index >= 15 is 0 Å². The molecule has 7 nitrogen and oxygen atoms in total. The summed E-state index contributed by atoms with van der Waals surface area (Å²) in [5.41, 5.74) is 3.93. The molecule has 0 atom stereocenters. The molecular weight excluding hydrogens is 510 g/mol. The van der Waals surface area contributed by atoms with Gasteiger partial charge < -0.3 is 4.74 Å². The normalized spacial score (nSPS) is 11.1. The van der Waals surface area contributed by atoms with Gasteiger partial charge in [0.25, 0.3) is 11.8 Å². The Kier molecular flexibility index (Phi) is 9.45. The van der Waals surface area contributed by atoms with Crippen LogP contribution in [0, 0.1) is 20.8 Å². The predicted octanol–water partition coefficient (Wildman–Crippen LogP) is 7.17. The van der Waals surface area contributed by atoms with E-state index in [2.05, 4.69) is 0 Å². The molecule has 0 bridgehead atoms. The lowest BCUT2D eigenvalue weighted by molar-refractivity contribution is -0.00127. The number of amides is 3. The number of hydrogen-bond acceptors (Lipinski definition) is 5. The van der Waals surface area contributed by atoms with Gasteiger partial charge in [-0.15, -0.1) is 0 Å². The second-order valence-corrected chi connectivity index (χ2v) is 11.6. The number of carbonyl (C=O) groups excluding carboxylic acids is 3.